The fraction of sp³-hybridized carbons (Fsp3) is 0.500. The second-order valence-corrected chi connectivity index (χ2v) is 6.13. The average molecular weight is 257 g/mol. The Labute approximate surface area is 112 Å². The maximum atomic E-state index is 5.83. The summed E-state index contributed by atoms with van der Waals surface area (Å²) in [6.45, 7) is 4.61. The first-order chi connectivity index (χ1) is 9.05. The zero-order chi connectivity index (χ0) is 13.5. The molecule has 1 aliphatic carbocycles. The van der Waals surface area contributed by atoms with E-state index >= 15 is 0 Å². The maximum absolute atomic E-state index is 5.83. The summed E-state index contributed by atoms with van der Waals surface area (Å²) < 4.78 is 1.96. The van der Waals surface area contributed by atoms with Gasteiger partial charge in [-0.05, 0) is 47.2 Å². The molecule has 1 unspecified atom stereocenters. The van der Waals surface area contributed by atoms with Crippen LogP contribution in [0.4, 0.5) is 5.69 Å². The Morgan fingerprint density at radius 2 is 2.21 bits per heavy atom. The Balaban J connectivity index is 1.95. The molecule has 0 bridgehead atoms. The summed E-state index contributed by atoms with van der Waals surface area (Å²) in [6.07, 6.45) is 3.47. The number of nitrogens with two attached hydrogens (primary N) is 1. The molecule has 3 rings (SSSR count). The van der Waals surface area contributed by atoms with Crippen LogP contribution in [-0.4, -0.2) is 20.2 Å². The number of benzene rings is 1. The predicted octanol–water partition coefficient (Wildman–Crippen LogP) is 2.67. The highest BCUT2D eigenvalue weighted by atomic mass is 15.5. The van der Waals surface area contributed by atoms with Crippen LogP contribution in [0, 0.1) is 5.41 Å². The van der Waals surface area contributed by atoms with Gasteiger partial charge in [0.05, 0.1) is 6.04 Å². The summed E-state index contributed by atoms with van der Waals surface area (Å²) in [4.78, 5) is 0. The Kier molecular flexibility index (Phi) is 2.77. The molecule has 1 saturated carbocycles. The molecule has 1 aromatic heterocycles. The average Bonchev–Trinajstić information content (AvgIpc) is 2.95. The van der Waals surface area contributed by atoms with E-state index in [0.29, 0.717) is 11.5 Å². The van der Waals surface area contributed by atoms with Crippen molar-refractivity contribution in [3.05, 3.63) is 24.3 Å². The highest BCUT2D eigenvalue weighted by Gasteiger charge is 2.33. The van der Waals surface area contributed by atoms with E-state index in [0.717, 1.165) is 29.9 Å². The third kappa shape index (κ3) is 2.32. The second-order valence-electron chi connectivity index (χ2n) is 6.13. The molecular formula is C14H19N5. The molecule has 0 aliphatic heterocycles. The molecule has 1 atom stereocenters. The number of nitrogen functional groups attached to an aromatic ring is 1. The van der Waals surface area contributed by atoms with Crippen LogP contribution >= 0.6 is 0 Å². The highest BCUT2D eigenvalue weighted by molar-refractivity contribution is 5.60. The van der Waals surface area contributed by atoms with Crippen LogP contribution in [0.1, 0.15) is 39.2 Å². The Hall–Kier alpha value is -1.91. The van der Waals surface area contributed by atoms with Gasteiger partial charge >= 0.3 is 0 Å². The van der Waals surface area contributed by atoms with E-state index in [9.17, 15) is 0 Å². The molecule has 100 valence electrons. The van der Waals surface area contributed by atoms with Crippen molar-refractivity contribution in [2.75, 3.05) is 5.73 Å². The van der Waals surface area contributed by atoms with Gasteiger partial charge in [0.2, 0.25) is 0 Å². The van der Waals surface area contributed by atoms with Crippen molar-refractivity contribution in [2.24, 2.45) is 5.41 Å². The lowest BCUT2D eigenvalue weighted by atomic mass is 9.92. The van der Waals surface area contributed by atoms with Gasteiger partial charge in [-0.3, -0.25) is 0 Å². The van der Waals surface area contributed by atoms with Crippen molar-refractivity contribution >= 4 is 5.69 Å². The normalized spacial score (nSPS) is 21.7. The van der Waals surface area contributed by atoms with E-state index in [1.807, 2.05) is 28.9 Å². The van der Waals surface area contributed by atoms with Gasteiger partial charge in [-0.25, -0.2) is 4.68 Å². The summed E-state index contributed by atoms with van der Waals surface area (Å²) in [6, 6.07) is 8.11. The van der Waals surface area contributed by atoms with Crippen LogP contribution in [0.5, 0.6) is 0 Å². The SMILES string of the molecule is CC1(C)CCC(n2nnnc2-c2cccc(N)c2)C1. The molecule has 1 aromatic carbocycles. The van der Waals surface area contributed by atoms with Crippen molar-refractivity contribution in [1.29, 1.82) is 0 Å². The first-order valence-electron chi connectivity index (χ1n) is 6.69. The van der Waals surface area contributed by atoms with E-state index in [-0.39, 0.29) is 0 Å². The van der Waals surface area contributed by atoms with Crippen molar-refractivity contribution in [2.45, 2.75) is 39.2 Å². The van der Waals surface area contributed by atoms with Gasteiger partial charge < -0.3 is 5.73 Å². The Morgan fingerprint density at radius 3 is 2.89 bits per heavy atom. The van der Waals surface area contributed by atoms with E-state index < -0.39 is 0 Å². The fourth-order valence-electron chi connectivity index (χ4n) is 2.92. The first kappa shape index (κ1) is 12.1. The van der Waals surface area contributed by atoms with E-state index in [1.165, 1.54) is 6.42 Å². The Morgan fingerprint density at radius 1 is 1.37 bits per heavy atom. The van der Waals surface area contributed by atoms with E-state index in [4.69, 9.17) is 5.73 Å². The Bertz CT molecular complexity index is 587. The third-order valence-corrected chi connectivity index (χ3v) is 3.93. The van der Waals surface area contributed by atoms with Crippen molar-refractivity contribution < 1.29 is 0 Å². The summed E-state index contributed by atoms with van der Waals surface area (Å²) in [5, 5.41) is 12.2. The predicted molar refractivity (Wildman–Crippen MR) is 74.3 cm³/mol. The van der Waals surface area contributed by atoms with Gasteiger partial charge in [0.25, 0.3) is 0 Å². The quantitative estimate of drug-likeness (QED) is 0.840. The van der Waals surface area contributed by atoms with Crippen LogP contribution in [0.3, 0.4) is 0 Å². The molecule has 19 heavy (non-hydrogen) atoms. The monoisotopic (exact) mass is 257 g/mol. The number of nitrogens with zero attached hydrogens (tertiary/aromatic N) is 4. The molecule has 0 amide bonds. The molecular weight excluding hydrogens is 238 g/mol. The van der Waals surface area contributed by atoms with Crippen LogP contribution in [0.2, 0.25) is 0 Å². The van der Waals surface area contributed by atoms with Crippen LogP contribution in [-0.2, 0) is 0 Å². The first-order valence-corrected chi connectivity index (χ1v) is 6.69. The summed E-state index contributed by atoms with van der Waals surface area (Å²) in [5.41, 5.74) is 7.93. The smallest absolute Gasteiger partial charge is 0.182 e. The van der Waals surface area contributed by atoms with Gasteiger partial charge in [0.1, 0.15) is 0 Å². The summed E-state index contributed by atoms with van der Waals surface area (Å²) >= 11 is 0. The highest BCUT2D eigenvalue weighted by Crippen LogP contribution is 2.44. The number of tetrazole rings is 1. The molecule has 0 saturated heterocycles. The zero-order valence-electron chi connectivity index (χ0n) is 11.4. The van der Waals surface area contributed by atoms with Crippen molar-refractivity contribution in [1.82, 2.24) is 20.2 Å². The number of aromatic nitrogens is 4. The lowest BCUT2D eigenvalue weighted by molar-refractivity contribution is 0.349. The van der Waals surface area contributed by atoms with Gasteiger partial charge in [-0.1, -0.05) is 26.0 Å². The number of hydrogen-bond acceptors (Lipinski definition) is 4. The molecule has 1 aliphatic rings. The molecule has 0 spiro atoms. The number of anilines is 1. The summed E-state index contributed by atoms with van der Waals surface area (Å²) in [5.74, 6) is 0.815. The largest absolute Gasteiger partial charge is 0.399 e. The van der Waals surface area contributed by atoms with Gasteiger partial charge in [0.15, 0.2) is 5.82 Å². The minimum Gasteiger partial charge on any atom is -0.399 e. The molecule has 5 heteroatoms. The number of hydrogen-bond donors (Lipinski definition) is 1. The van der Waals surface area contributed by atoms with Gasteiger partial charge in [-0.15, -0.1) is 5.10 Å². The lowest BCUT2D eigenvalue weighted by Gasteiger charge is -2.17. The van der Waals surface area contributed by atoms with Gasteiger partial charge in [0, 0.05) is 11.3 Å². The van der Waals surface area contributed by atoms with Crippen LogP contribution < -0.4 is 5.73 Å². The van der Waals surface area contributed by atoms with Gasteiger partial charge in [-0.2, -0.15) is 0 Å². The minimum absolute atomic E-state index is 0.379. The van der Waals surface area contributed by atoms with Crippen LogP contribution in [0.15, 0.2) is 24.3 Å². The van der Waals surface area contributed by atoms with Crippen molar-refractivity contribution in [3.8, 4) is 11.4 Å². The molecule has 5 nitrogen and oxygen atoms in total. The fourth-order valence-corrected chi connectivity index (χ4v) is 2.92. The maximum Gasteiger partial charge on any atom is 0.182 e. The second kappa shape index (κ2) is 4.33. The molecule has 0 radical (unpaired) electrons. The molecule has 2 N–H and O–H groups in total. The standard InChI is InChI=1S/C14H19N5/c1-14(2)7-6-12(9-14)19-13(16-17-18-19)10-4-3-5-11(15)8-10/h3-5,8,12H,6-7,9,15H2,1-2H3. The lowest BCUT2D eigenvalue weighted by Crippen LogP contribution is -2.12. The van der Waals surface area contributed by atoms with Crippen LogP contribution in [0.25, 0.3) is 11.4 Å². The number of rotatable bonds is 2. The zero-order valence-corrected chi connectivity index (χ0v) is 11.4. The topological polar surface area (TPSA) is 69.6 Å². The van der Waals surface area contributed by atoms with E-state index in [2.05, 4.69) is 29.4 Å². The molecule has 2 aromatic rings. The van der Waals surface area contributed by atoms with Crippen molar-refractivity contribution in [3.63, 3.8) is 0 Å². The van der Waals surface area contributed by atoms with E-state index in [1.54, 1.807) is 0 Å². The minimum atomic E-state index is 0.379. The molecule has 1 heterocycles. The molecule has 1 fully saturated rings. The summed E-state index contributed by atoms with van der Waals surface area (Å²) in [7, 11) is 0. The third-order valence-electron chi connectivity index (χ3n) is 3.93.